The number of aromatic nitrogens is 3. The first kappa shape index (κ1) is 15.0. The van der Waals surface area contributed by atoms with Crippen LogP contribution in [0.1, 0.15) is 11.1 Å². The Morgan fingerprint density at radius 2 is 1.67 bits per heavy atom. The zero-order chi connectivity index (χ0) is 16.4. The van der Waals surface area contributed by atoms with Gasteiger partial charge in [0.1, 0.15) is 11.0 Å². The lowest BCUT2D eigenvalue weighted by Gasteiger charge is -2.07. The van der Waals surface area contributed by atoms with Crippen molar-refractivity contribution in [2.45, 2.75) is 23.3 Å². The van der Waals surface area contributed by atoms with Gasteiger partial charge in [-0.25, -0.2) is 4.68 Å². The zero-order valence-electron chi connectivity index (χ0n) is 13.4. The molecular weight excluding hydrogens is 314 g/mol. The number of fused-ring (bicyclic) bond motifs is 1. The molecule has 0 spiro atoms. The van der Waals surface area contributed by atoms with Gasteiger partial charge in [-0.2, -0.15) is 0 Å². The van der Waals surface area contributed by atoms with Crippen molar-refractivity contribution in [3.8, 4) is 0 Å². The Balaban J connectivity index is 1.73. The number of benzene rings is 3. The van der Waals surface area contributed by atoms with Gasteiger partial charge in [-0.1, -0.05) is 71.1 Å². The number of para-hydroxylation sites is 1. The molecule has 3 aromatic carbocycles. The molecule has 1 heterocycles. The Labute approximate surface area is 145 Å². The van der Waals surface area contributed by atoms with Crippen molar-refractivity contribution in [2.24, 2.45) is 0 Å². The monoisotopic (exact) mass is 331 g/mol. The van der Waals surface area contributed by atoms with Gasteiger partial charge >= 0.3 is 0 Å². The largest absolute Gasteiger partial charge is 0.239 e. The summed E-state index contributed by atoms with van der Waals surface area (Å²) in [6, 6.07) is 25.2. The fraction of sp³-hybridized carbons (Fsp3) is 0.100. The molecule has 118 valence electrons. The number of hydrogen-bond acceptors (Lipinski definition) is 3. The second-order valence-corrected chi connectivity index (χ2v) is 6.89. The zero-order valence-corrected chi connectivity index (χ0v) is 14.2. The fourth-order valence-corrected chi connectivity index (χ4v) is 3.66. The maximum absolute atomic E-state index is 4.36. The Bertz CT molecular complexity index is 959. The Hall–Kier alpha value is -2.59. The Morgan fingerprint density at radius 1 is 0.875 bits per heavy atom. The highest BCUT2D eigenvalue weighted by molar-refractivity contribution is 7.99. The first-order chi connectivity index (χ1) is 11.8. The van der Waals surface area contributed by atoms with Crippen molar-refractivity contribution in [1.29, 1.82) is 0 Å². The first-order valence-electron chi connectivity index (χ1n) is 7.90. The summed E-state index contributed by atoms with van der Waals surface area (Å²) in [5.41, 5.74) is 4.52. The van der Waals surface area contributed by atoms with Gasteiger partial charge in [0.05, 0.1) is 6.54 Å². The lowest BCUT2D eigenvalue weighted by Crippen LogP contribution is -2.02. The summed E-state index contributed by atoms with van der Waals surface area (Å²) in [4.78, 5) is 2.40. The maximum Gasteiger partial charge on any atom is 0.114 e. The normalized spacial score (nSPS) is 11.0. The van der Waals surface area contributed by atoms with Crippen LogP contribution in [0.25, 0.3) is 11.0 Å². The van der Waals surface area contributed by atoms with Gasteiger partial charge < -0.3 is 0 Å². The molecule has 0 fully saturated rings. The number of aryl methyl sites for hydroxylation is 1. The van der Waals surface area contributed by atoms with Crippen LogP contribution < -0.4 is 0 Å². The van der Waals surface area contributed by atoms with Gasteiger partial charge in [0, 0.05) is 9.79 Å². The summed E-state index contributed by atoms with van der Waals surface area (Å²) in [7, 11) is 0. The standard InChI is InChI=1S/C20H17N3S/c1-15-10-12-17(13-11-15)24-19-9-5-8-18-20(19)23(22-21-18)14-16-6-3-2-4-7-16/h2-13H,14H2,1H3. The highest BCUT2D eigenvalue weighted by Crippen LogP contribution is 2.33. The minimum absolute atomic E-state index is 0.725. The summed E-state index contributed by atoms with van der Waals surface area (Å²) in [5, 5.41) is 8.69. The van der Waals surface area contributed by atoms with E-state index in [-0.39, 0.29) is 0 Å². The van der Waals surface area contributed by atoms with Crippen LogP contribution in [0.5, 0.6) is 0 Å². The summed E-state index contributed by atoms with van der Waals surface area (Å²) < 4.78 is 1.99. The minimum atomic E-state index is 0.725. The molecule has 4 aromatic rings. The van der Waals surface area contributed by atoms with E-state index in [0.717, 1.165) is 17.6 Å². The third-order valence-corrected chi connectivity index (χ3v) is 4.98. The van der Waals surface area contributed by atoms with Crippen molar-refractivity contribution in [3.63, 3.8) is 0 Å². The van der Waals surface area contributed by atoms with E-state index in [1.807, 2.05) is 22.9 Å². The SMILES string of the molecule is Cc1ccc(Sc2cccc3nnn(Cc4ccccc4)c23)cc1. The molecule has 4 rings (SSSR count). The molecule has 0 aliphatic rings. The van der Waals surface area contributed by atoms with E-state index >= 15 is 0 Å². The molecule has 0 amide bonds. The average molecular weight is 331 g/mol. The Morgan fingerprint density at radius 3 is 2.46 bits per heavy atom. The molecule has 0 saturated carbocycles. The number of hydrogen-bond donors (Lipinski definition) is 0. The van der Waals surface area contributed by atoms with Crippen LogP contribution in [0.3, 0.4) is 0 Å². The molecule has 1 aromatic heterocycles. The molecule has 0 saturated heterocycles. The van der Waals surface area contributed by atoms with Crippen molar-refractivity contribution >= 4 is 22.8 Å². The molecule has 0 atom stereocenters. The molecule has 0 radical (unpaired) electrons. The summed E-state index contributed by atoms with van der Waals surface area (Å²) >= 11 is 1.75. The lowest BCUT2D eigenvalue weighted by atomic mass is 10.2. The molecule has 0 N–H and O–H groups in total. The van der Waals surface area contributed by atoms with E-state index < -0.39 is 0 Å². The van der Waals surface area contributed by atoms with Gasteiger partial charge in [-0.3, -0.25) is 0 Å². The molecule has 0 bridgehead atoms. The minimum Gasteiger partial charge on any atom is -0.239 e. The van der Waals surface area contributed by atoms with E-state index in [0.29, 0.717) is 0 Å². The van der Waals surface area contributed by atoms with Crippen molar-refractivity contribution in [3.05, 3.63) is 83.9 Å². The third kappa shape index (κ3) is 3.05. The van der Waals surface area contributed by atoms with Gasteiger partial charge in [-0.15, -0.1) is 5.10 Å². The highest BCUT2D eigenvalue weighted by atomic mass is 32.2. The lowest BCUT2D eigenvalue weighted by molar-refractivity contribution is 0.666. The summed E-state index contributed by atoms with van der Waals surface area (Å²) in [6.07, 6.45) is 0. The van der Waals surface area contributed by atoms with Gasteiger partial charge in [0.15, 0.2) is 0 Å². The number of rotatable bonds is 4. The smallest absolute Gasteiger partial charge is 0.114 e. The van der Waals surface area contributed by atoms with Gasteiger partial charge in [0.25, 0.3) is 0 Å². The van der Waals surface area contributed by atoms with Crippen LogP contribution in [-0.2, 0) is 6.54 Å². The summed E-state index contributed by atoms with van der Waals surface area (Å²) in [5.74, 6) is 0. The molecule has 3 nitrogen and oxygen atoms in total. The van der Waals surface area contributed by atoms with Crippen LogP contribution in [0.15, 0.2) is 82.6 Å². The highest BCUT2D eigenvalue weighted by Gasteiger charge is 2.11. The molecule has 0 unspecified atom stereocenters. The molecule has 0 aliphatic carbocycles. The second kappa shape index (κ2) is 6.49. The van der Waals surface area contributed by atoms with Gasteiger partial charge in [-0.05, 0) is 36.8 Å². The molecular formula is C20H17N3S. The molecule has 0 aliphatic heterocycles. The first-order valence-corrected chi connectivity index (χ1v) is 8.72. The van der Waals surface area contributed by atoms with Crippen LogP contribution in [0.4, 0.5) is 0 Å². The van der Waals surface area contributed by atoms with E-state index in [1.165, 1.54) is 20.9 Å². The quantitative estimate of drug-likeness (QED) is 0.531. The van der Waals surface area contributed by atoms with Gasteiger partial charge in [0.2, 0.25) is 0 Å². The van der Waals surface area contributed by atoms with Crippen LogP contribution in [0.2, 0.25) is 0 Å². The third-order valence-electron chi connectivity index (χ3n) is 3.92. The van der Waals surface area contributed by atoms with E-state index in [9.17, 15) is 0 Å². The van der Waals surface area contributed by atoms with E-state index in [2.05, 4.69) is 71.8 Å². The number of nitrogens with zero attached hydrogens (tertiary/aromatic N) is 3. The Kier molecular flexibility index (Phi) is 4.05. The topological polar surface area (TPSA) is 30.7 Å². The predicted molar refractivity (Wildman–Crippen MR) is 98.4 cm³/mol. The van der Waals surface area contributed by atoms with E-state index in [4.69, 9.17) is 0 Å². The molecule has 24 heavy (non-hydrogen) atoms. The predicted octanol–water partition coefficient (Wildman–Crippen LogP) is 4.94. The van der Waals surface area contributed by atoms with Crippen LogP contribution in [-0.4, -0.2) is 15.0 Å². The second-order valence-electron chi connectivity index (χ2n) is 5.77. The molecule has 4 heteroatoms. The van der Waals surface area contributed by atoms with E-state index in [1.54, 1.807) is 11.8 Å². The average Bonchev–Trinajstić information content (AvgIpc) is 3.02. The van der Waals surface area contributed by atoms with Crippen LogP contribution >= 0.6 is 11.8 Å². The maximum atomic E-state index is 4.36. The summed E-state index contributed by atoms with van der Waals surface area (Å²) in [6.45, 7) is 2.83. The fourth-order valence-electron chi connectivity index (χ4n) is 2.68. The van der Waals surface area contributed by atoms with Crippen LogP contribution in [0, 0.1) is 6.92 Å². The van der Waals surface area contributed by atoms with Crippen molar-refractivity contribution in [2.75, 3.05) is 0 Å². The van der Waals surface area contributed by atoms with Crippen molar-refractivity contribution < 1.29 is 0 Å². The van der Waals surface area contributed by atoms with Crippen molar-refractivity contribution in [1.82, 2.24) is 15.0 Å².